The number of anilines is 2. The number of aromatic hydroxyl groups is 1. The van der Waals surface area contributed by atoms with Crippen molar-refractivity contribution in [1.82, 2.24) is 15.2 Å². The summed E-state index contributed by atoms with van der Waals surface area (Å²) in [6.45, 7) is 0. The average molecular weight is 294 g/mol. The van der Waals surface area contributed by atoms with Gasteiger partial charge in [-0.15, -0.1) is 0 Å². The molecular weight excluding hydrogens is 283 g/mol. The van der Waals surface area contributed by atoms with Crippen LogP contribution in [0.1, 0.15) is 0 Å². The van der Waals surface area contributed by atoms with Gasteiger partial charge in [0.1, 0.15) is 17.1 Å². The molecule has 0 saturated carbocycles. The molecule has 4 rings (SSSR count). The summed E-state index contributed by atoms with van der Waals surface area (Å²) in [5.74, 6) is 0.229. The molecule has 0 aliphatic carbocycles. The number of benzene rings is 2. The van der Waals surface area contributed by atoms with Crippen LogP contribution in [0.5, 0.6) is 5.75 Å². The first-order valence-corrected chi connectivity index (χ1v) is 6.70. The van der Waals surface area contributed by atoms with Crippen molar-refractivity contribution in [3.05, 3.63) is 54.5 Å². The zero-order valence-corrected chi connectivity index (χ0v) is 11.3. The van der Waals surface area contributed by atoms with Crippen molar-refractivity contribution >= 4 is 33.3 Å². The second-order valence-corrected chi connectivity index (χ2v) is 4.92. The van der Waals surface area contributed by atoms with Crippen molar-refractivity contribution < 1.29 is 9.50 Å². The van der Waals surface area contributed by atoms with Gasteiger partial charge in [-0.25, -0.2) is 4.39 Å². The van der Waals surface area contributed by atoms with Crippen LogP contribution in [0.4, 0.5) is 15.9 Å². The first kappa shape index (κ1) is 12.6. The molecular formula is C16H11FN4O. The van der Waals surface area contributed by atoms with Gasteiger partial charge >= 0.3 is 0 Å². The Morgan fingerprint density at radius 1 is 1.09 bits per heavy atom. The lowest BCUT2D eigenvalue weighted by molar-refractivity contribution is 0.480. The minimum atomic E-state index is -0.388. The molecule has 2 aromatic carbocycles. The quantitative estimate of drug-likeness (QED) is 0.527. The Labute approximate surface area is 124 Å². The summed E-state index contributed by atoms with van der Waals surface area (Å²) in [7, 11) is 0. The average Bonchev–Trinajstić information content (AvgIpc) is 2.94. The van der Waals surface area contributed by atoms with Crippen LogP contribution in [0.3, 0.4) is 0 Å². The molecule has 2 heterocycles. The van der Waals surface area contributed by atoms with Crippen molar-refractivity contribution in [3.63, 3.8) is 0 Å². The third-order valence-electron chi connectivity index (χ3n) is 3.52. The van der Waals surface area contributed by atoms with Crippen LogP contribution in [0.2, 0.25) is 0 Å². The summed E-state index contributed by atoms with van der Waals surface area (Å²) >= 11 is 0. The predicted octanol–water partition coefficient (Wildman–Crippen LogP) is 3.70. The number of H-pyrrole nitrogens is 1. The van der Waals surface area contributed by atoms with Gasteiger partial charge in [-0.2, -0.15) is 5.10 Å². The zero-order chi connectivity index (χ0) is 15.1. The van der Waals surface area contributed by atoms with Gasteiger partial charge in [-0.05, 0) is 42.5 Å². The highest BCUT2D eigenvalue weighted by Crippen LogP contribution is 2.30. The number of halogens is 1. The first-order chi connectivity index (χ1) is 10.7. The molecule has 108 valence electrons. The van der Waals surface area contributed by atoms with E-state index in [-0.39, 0.29) is 11.6 Å². The van der Waals surface area contributed by atoms with Gasteiger partial charge in [0.15, 0.2) is 5.82 Å². The Hall–Kier alpha value is -3.15. The lowest BCUT2D eigenvalue weighted by Crippen LogP contribution is -1.92. The maximum absolute atomic E-state index is 13.9. The number of hydrogen-bond donors (Lipinski definition) is 3. The Balaban J connectivity index is 1.80. The van der Waals surface area contributed by atoms with Gasteiger partial charge in [-0.3, -0.25) is 10.1 Å². The predicted molar refractivity (Wildman–Crippen MR) is 82.7 cm³/mol. The van der Waals surface area contributed by atoms with Gasteiger partial charge < -0.3 is 10.4 Å². The van der Waals surface area contributed by atoms with Crippen molar-refractivity contribution in [2.45, 2.75) is 0 Å². The van der Waals surface area contributed by atoms with E-state index >= 15 is 0 Å². The van der Waals surface area contributed by atoms with E-state index in [1.54, 1.807) is 24.4 Å². The highest BCUT2D eigenvalue weighted by Gasteiger charge is 2.09. The molecule has 0 bridgehead atoms. The number of phenols is 1. The summed E-state index contributed by atoms with van der Waals surface area (Å²) < 4.78 is 13.9. The van der Waals surface area contributed by atoms with E-state index in [1.165, 1.54) is 12.1 Å². The summed E-state index contributed by atoms with van der Waals surface area (Å²) in [6, 6.07) is 11.3. The van der Waals surface area contributed by atoms with Crippen LogP contribution in [-0.2, 0) is 0 Å². The molecule has 22 heavy (non-hydrogen) atoms. The molecule has 0 spiro atoms. The number of nitrogens with one attached hydrogen (secondary N) is 2. The molecule has 0 aliphatic rings. The summed E-state index contributed by atoms with van der Waals surface area (Å²) in [5, 5.41) is 20.7. The smallest absolute Gasteiger partial charge is 0.178 e. The highest BCUT2D eigenvalue weighted by atomic mass is 19.1. The number of aromatic amines is 1. The number of nitrogens with zero attached hydrogens (tertiary/aromatic N) is 2. The second-order valence-electron chi connectivity index (χ2n) is 4.92. The number of fused-ring (bicyclic) bond motifs is 2. The van der Waals surface area contributed by atoms with Gasteiger partial charge in [0.25, 0.3) is 0 Å². The monoisotopic (exact) mass is 294 g/mol. The summed E-state index contributed by atoms with van der Waals surface area (Å²) in [4.78, 5) is 4.26. The number of aromatic nitrogens is 3. The molecule has 5 nitrogen and oxygen atoms in total. The Bertz CT molecular complexity index is 996. The molecule has 2 aromatic heterocycles. The van der Waals surface area contributed by atoms with Crippen LogP contribution in [0.15, 0.2) is 48.7 Å². The van der Waals surface area contributed by atoms with Crippen LogP contribution in [-0.4, -0.2) is 20.3 Å². The fourth-order valence-corrected chi connectivity index (χ4v) is 2.45. The molecule has 0 atom stereocenters. The van der Waals surface area contributed by atoms with E-state index < -0.39 is 0 Å². The molecule has 6 heteroatoms. The Kier molecular flexibility index (Phi) is 2.69. The third kappa shape index (κ3) is 1.93. The van der Waals surface area contributed by atoms with E-state index in [2.05, 4.69) is 20.5 Å². The summed E-state index contributed by atoms with van der Waals surface area (Å²) in [5.41, 5.74) is 2.18. The molecule has 4 aromatic rings. The SMILES string of the molecule is Oc1ccc(F)c2cc(Nc3n[nH]c4cccnc34)ccc12. The Morgan fingerprint density at radius 3 is 2.91 bits per heavy atom. The number of pyridine rings is 1. The minimum absolute atomic E-state index is 0.0508. The van der Waals surface area contributed by atoms with Crippen molar-refractivity contribution in [1.29, 1.82) is 0 Å². The molecule has 0 saturated heterocycles. The van der Waals surface area contributed by atoms with E-state index in [4.69, 9.17) is 0 Å². The standard InChI is InChI=1S/C16H11FN4O/c17-12-5-6-14(22)10-4-3-9(8-11(10)12)19-16-15-13(20-21-16)2-1-7-18-15/h1-8,22H,(H2,19,20,21). The molecule has 0 unspecified atom stereocenters. The fraction of sp³-hybridized carbons (Fsp3) is 0. The van der Waals surface area contributed by atoms with E-state index in [0.717, 1.165) is 5.52 Å². The van der Waals surface area contributed by atoms with Crippen molar-refractivity contribution in [3.8, 4) is 5.75 Å². The first-order valence-electron chi connectivity index (χ1n) is 6.70. The van der Waals surface area contributed by atoms with Gasteiger partial charge in [0, 0.05) is 22.7 Å². The number of phenolic OH excluding ortho intramolecular Hbond substituents is 1. The van der Waals surface area contributed by atoms with Gasteiger partial charge in [-0.1, -0.05) is 0 Å². The van der Waals surface area contributed by atoms with Crippen LogP contribution < -0.4 is 5.32 Å². The van der Waals surface area contributed by atoms with Crippen molar-refractivity contribution in [2.75, 3.05) is 5.32 Å². The zero-order valence-electron chi connectivity index (χ0n) is 11.3. The second kappa shape index (κ2) is 4.70. The maximum atomic E-state index is 13.9. The number of hydrogen-bond acceptors (Lipinski definition) is 4. The summed E-state index contributed by atoms with van der Waals surface area (Å²) in [6.07, 6.45) is 1.68. The van der Waals surface area contributed by atoms with Gasteiger partial charge in [0.2, 0.25) is 0 Å². The molecule has 0 radical (unpaired) electrons. The van der Waals surface area contributed by atoms with E-state index in [9.17, 15) is 9.50 Å². The van der Waals surface area contributed by atoms with Crippen LogP contribution >= 0.6 is 0 Å². The van der Waals surface area contributed by atoms with Crippen LogP contribution in [0, 0.1) is 5.82 Å². The van der Waals surface area contributed by atoms with E-state index in [1.807, 2.05) is 12.1 Å². The van der Waals surface area contributed by atoms with E-state index in [0.29, 0.717) is 27.8 Å². The minimum Gasteiger partial charge on any atom is -0.507 e. The fourth-order valence-electron chi connectivity index (χ4n) is 2.45. The maximum Gasteiger partial charge on any atom is 0.178 e. The third-order valence-corrected chi connectivity index (χ3v) is 3.52. The number of rotatable bonds is 2. The highest BCUT2D eigenvalue weighted by molar-refractivity contribution is 5.93. The molecule has 0 fully saturated rings. The topological polar surface area (TPSA) is 73.8 Å². The normalized spacial score (nSPS) is 11.1. The molecule has 0 aliphatic heterocycles. The lowest BCUT2D eigenvalue weighted by atomic mass is 10.1. The lowest BCUT2D eigenvalue weighted by Gasteiger charge is -2.07. The van der Waals surface area contributed by atoms with Crippen molar-refractivity contribution in [2.24, 2.45) is 0 Å². The van der Waals surface area contributed by atoms with Crippen LogP contribution in [0.25, 0.3) is 21.8 Å². The van der Waals surface area contributed by atoms with Gasteiger partial charge in [0.05, 0.1) is 5.52 Å². The molecule has 3 N–H and O–H groups in total. The Morgan fingerprint density at radius 2 is 2.00 bits per heavy atom. The largest absolute Gasteiger partial charge is 0.507 e. The molecule has 0 amide bonds.